The monoisotopic (exact) mass is 324 g/mol. The summed E-state index contributed by atoms with van der Waals surface area (Å²) in [5.74, 6) is 1.44. The van der Waals surface area contributed by atoms with E-state index in [1.54, 1.807) is 0 Å². The maximum absolute atomic E-state index is 9.82. The molecule has 1 fully saturated rings. The molecule has 0 unspecified atom stereocenters. The van der Waals surface area contributed by atoms with Crippen molar-refractivity contribution in [1.29, 1.82) is 0 Å². The van der Waals surface area contributed by atoms with E-state index in [1.165, 1.54) is 25.7 Å². The number of benzene rings is 1. The summed E-state index contributed by atoms with van der Waals surface area (Å²) < 4.78 is 5.22. The van der Waals surface area contributed by atoms with Gasteiger partial charge in [0.1, 0.15) is 5.82 Å². The van der Waals surface area contributed by atoms with Gasteiger partial charge in [0, 0.05) is 23.5 Å². The van der Waals surface area contributed by atoms with Crippen molar-refractivity contribution in [2.75, 3.05) is 10.6 Å². The van der Waals surface area contributed by atoms with E-state index in [-0.39, 0.29) is 0 Å². The van der Waals surface area contributed by atoms with Crippen LogP contribution in [0.25, 0.3) is 0 Å². The fraction of sp³-hybridized carbons (Fsp3) is 0.412. The summed E-state index contributed by atoms with van der Waals surface area (Å²) >= 11 is 0. The summed E-state index contributed by atoms with van der Waals surface area (Å²) in [6.45, 7) is 2.47. The van der Waals surface area contributed by atoms with Gasteiger partial charge in [0.25, 0.3) is 0 Å². The predicted molar refractivity (Wildman–Crippen MR) is 94.8 cm³/mol. The Kier molecular flexibility index (Phi) is 4.12. The highest BCUT2D eigenvalue weighted by atomic mass is 16.5. The molecule has 1 aliphatic carbocycles. The summed E-state index contributed by atoms with van der Waals surface area (Å²) in [6, 6.07) is 6.31. The lowest BCUT2D eigenvalue weighted by Gasteiger charge is -2.15. The first-order valence-corrected chi connectivity index (χ1v) is 8.49. The molecule has 0 spiro atoms. The molecule has 124 valence electrons. The Morgan fingerprint density at radius 2 is 2.12 bits per heavy atom. The highest BCUT2D eigenvalue weighted by molar-refractivity contribution is 6.61. The van der Waals surface area contributed by atoms with Crippen molar-refractivity contribution >= 4 is 30.0 Å². The molecular formula is C17H21BN4O2. The Hall–Kier alpha value is -2.12. The summed E-state index contributed by atoms with van der Waals surface area (Å²) in [4.78, 5) is 8.98. The average molecular weight is 324 g/mol. The number of aryl methyl sites for hydroxylation is 1. The lowest BCUT2D eigenvalue weighted by molar-refractivity contribution is 0.275. The summed E-state index contributed by atoms with van der Waals surface area (Å²) in [5, 5.41) is 16.6. The van der Waals surface area contributed by atoms with Crippen LogP contribution in [0.4, 0.5) is 17.5 Å². The molecule has 3 N–H and O–H groups in total. The molecule has 1 aromatic carbocycles. The third kappa shape index (κ3) is 3.09. The molecular weight excluding hydrogens is 303 g/mol. The van der Waals surface area contributed by atoms with Crippen LogP contribution in [0, 0.1) is 6.92 Å². The third-order valence-electron chi connectivity index (χ3n) is 4.73. The number of nitrogens with zero attached hydrogens (tertiary/aromatic N) is 2. The maximum atomic E-state index is 9.82. The van der Waals surface area contributed by atoms with Gasteiger partial charge in [-0.05, 0) is 42.9 Å². The molecule has 2 aromatic rings. The van der Waals surface area contributed by atoms with E-state index >= 15 is 0 Å². The summed E-state index contributed by atoms with van der Waals surface area (Å²) in [6.07, 6.45) is 6.81. The van der Waals surface area contributed by atoms with E-state index in [0.717, 1.165) is 28.1 Å². The van der Waals surface area contributed by atoms with Gasteiger partial charge in [-0.2, -0.15) is 4.98 Å². The van der Waals surface area contributed by atoms with Crippen LogP contribution < -0.4 is 16.1 Å². The predicted octanol–water partition coefficient (Wildman–Crippen LogP) is 2.10. The van der Waals surface area contributed by atoms with Crippen molar-refractivity contribution in [3.8, 4) is 0 Å². The van der Waals surface area contributed by atoms with Crippen LogP contribution in [0.3, 0.4) is 0 Å². The van der Waals surface area contributed by atoms with Crippen LogP contribution in [0.15, 0.2) is 24.4 Å². The molecule has 7 heteroatoms. The normalized spacial score (nSPS) is 17.2. The van der Waals surface area contributed by atoms with Crippen molar-refractivity contribution in [1.82, 2.24) is 9.97 Å². The SMILES string of the molecule is Cc1cnc(Nc2ccc3c(c2)B(O)OC3)nc1NC1CCCC1. The number of nitrogens with one attached hydrogen (secondary N) is 2. The number of hydrogen-bond acceptors (Lipinski definition) is 6. The van der Waals surface area contributed by atoms with Gasteiger partial charge in [0.05, 0.1) is 6.61 Å². The molecule has 0 radical (unpaired) electrons. The first-order chi connectivity index (χ1) is 11.7. The van der Waals surface area contributed by atoms with E-state index < -0.39 is 7.12 Å². The molecule has 0 bridgehead atoms. The zero-order valence-corrected chi connectivity index (χ0v) is 13.7. The van der Waals surface area contributed by atoms with Crippen LogP contribution in [0.2, 0.25) is 0 Å². The van der Waals surface area contributed by atoms with Crippen LogP contribution in [-0.2, 0) is 11.3 Å². The smallest absolute Gasteiger partial charge is 0.423 e. The number of anilines is 3. The lowest BCUT2D eigenvalue weighted by Crippen LogP contribution is -2.28. The molecule has 0 amide bonds. The minimum absolute atomic E-state index is 0.452. The average Bonchev–Trinajstić information content (AvgIpc) is 3.21. The van der Waals surface area contributed by atoms with Crippen LogP contribution in [0.1, 0.15) is 36.8 Å². The van der Waals surface area contributed by atoms with Gasteiger partial charge in [-0.25, -0.2) is 4.98 Å². The Bertz CT molecular complexity index is 749. The van der Waals surface area contributed by atoms with Gasteiger partial charge in [-0.15, -0.1) is 0 Å². The Morgan fingerprint density at radius 1 is 1.29 bits per heavy atom. The fourth-order valence-electron chi connectivity index (χ4n) is 3.33. The fourth-order valence-corrected chi connectivity index (χ4v) is 3.33. The number of hydrogen-bond donors (Lipinski definition) is 3. The Balaban J connectivity index is 1.53. The minimum Gasteiger partial charge on any atom is -0.423 e. The number of aromatic nitrogens is 2. The highest BCUT2D eigenvalue weighted by Crippen LogP contribution is 2.24. The molecule has 4 rings (SSSR count). The standard InChI is InChI=1S/C17H21BN4O2/c1-11-9-19-17(22-16(11)20-13-4-2-3-5-13)21-14-7-6-12-10-24-18(23)15(12)8-14/h6-9,13,23H,2-5,10H2,1H3,(H2,19,20,21,22). The van der Waals surface area contributed by atoms with Crippen LogP contribution >= 0.6 is 0 Å². The number of fused-ring (bicyclic) bond motifs is 1. The highest BCUT2D eigenvalue weighted by Gasteiger charge is 2.27. The van der Waals surface area contributed by atoms with Gasteiger partial charge >= 0.3 is 7.12 Å². The third-order valence-corrected chi connectivity index (χ3v) is 4.73. The molecule has 6 nitrogen and oxygen atoms in total. The van der Waals surface area contributed by atoms with Gasteiger partial charge in [-0.1, -0.05) is 18.9 Å². The van der Waals surface area contributed by atoms with Crippen LogP contribution in [0.5, 0.6) is 0 Å². The second kappa shape index (κ2) is 6.41. The molecule has 1 aromatic heterocycles. The molecule has 0 saturated heterocycles. The zero-order valence-electron chi connectivity index (χ0n) is 13.7. The van der Waals surface area contributed by atoms with E-state index in [0.29, 0.717) is 18.6 Å². The first-order valence-electron chi connectivity index (χ1n) is 8.49. The molecule has 24 heavy (non-hydrogen) atoms. The quantitative estimate of drug-likeness (QED) is 0.748. The van der Waals surface area contributed by atoms with Crippen molar-refractivity contribution in [2.24, 2.45) is 0 Å². The topological polar surface area (TPSA) is 79.3 Å². The van der Waals surface area contributed by atoms with Crippen molar-refractivity contribution in [3.05, 3.63) is 35.5 Å². The molecule has 2 heterocycles. The van der Waals surface area contributed by atoms with Gasteiger partial charge in [-0.3, -0.25) is 0 Å². The van der Waals surface area contributed by atoms with Crippen molar-refractivity contribution < 1.29 is 9.68 Å². The van der Waals surface area contributed by atoms with E-state index in [1.807, 2.05) is 31.3 Å². The van der Waals surface area contributed by atoms with Crippen molar-refractivity contribution in [3.63, 3.8) is 0 Å². The lowest BCUT2D eigenvalue weighted by atomic mass is 9.79. The summed E-state index contributed by atoms with van der Waals surface area (Å²) in [7, 11) is -0.847. The molecule has 1 saturated carbocycles. The van der Waals surface area contributed by atoms with Gasteiger partial charge in [0.2, 0.25) is 5.95 Å². The number of rotatable bonds is 4. The zero-order chi connectivity index (χ0) is 16.5. The van der Waals surface area contributed by atoms with E-state index in [2.05, 4.69) is 20.6 Å². The first kappa shape index (κ1) is 15.4. The van der Waals surface area contributed by atoms with Gasteiger partial charge in [0.15, 0.2) is 0 Å². The van der Waals surface area contributed by atoms with Crippen molar-refractivity contribution in [2.45, 2.75) is 45.3 Å². The molecule has 0 atom stereocenters. The molecule has 1 aliphatic heterocycles. The van der Waals surface area contributed by atoms with Gasteiger partial charge < -0.3 is 20.3 Å². The molecule has 2 aliphatic rings. The largest absolute Gasteiger partial charge is 0.491 e. The minimum atomic E-state index is -0.847. The second-order valence-corrected chi connectivity index (χ2v) is 6.55. The van der Waals surface area contributed by atoms with E-state index in [4.69, 9.17) is 4.65 Å². The Labute approximate surface area is 141 Å². The second-order valence-electron chi connectivity index (χ2n) is 6.55. The van der Waals surface area contributed by atoms with E-state index in [9.17, 15) is 5.02 Å². The Morgan fingerprint density at radius 3 is 2.96 bits per heavy atom. The maximum Gasteiger partial charge on any atom is 0.491 e. The van der Waals surface area contributed by atoms with Crippen LogP contribution in [-0.4, -0.2) is 28.2 Å². The summed E-state index contributed by atoms with van der Waals surface area (Å²) in [5.41, 5.74) is 3.71.